The number of ether oxygens (including phenoxy) is 1. The van der Waals surface area contributed by atoms with E-state index in [1.54, 1.807) is 0 Å². The van der Waals surface area contributed by atoms with Gasteiger partial charge in [0.15, 0.2) is 0 Å². The van der Waals surface area contributed by atoms with E-state index in [2.05, 4.69) is 143 Å². The topological polar surface area (TPSA) is 26.3 Å². The Hall–Kier alpha value is -5.47. The van der Waals surface area contributed by atoms with Gasteiger partial charge in [-0.2, -0.15) is 0 Å². The Bertz CT molecular complexity index is 2360. The number of benzene rings is 7. The van der Waals surface area contributed by atoms with Crippen molar-refractivity contribution < 1.29 is 9.53 Å². The maximum atomic E-state index is 12.0. The van der Waals surface area contributed by atoms with Crippen LogP contribution in [0.15, 0.2) is 121 Å². The Balaban J connectivity index is 1.36. The zero-order valence-electron chi connectivity index (χ0n) is 28.4. The second-order valence-electron chi connectivity index (χ2n) is 14.3. The molecular weight excluding hydrogens is 597 g/mol. The second-order valence-corrected chi connectivity index (χ2v) is 14.3. The summed E-state index contributed by atoms with van der Waals surface area (Å²) in [6, 6.07) is 45.2. The third-order valence-electron chi connectivity index (χ3n) is 10.7. The maximum Gasteiger partial charge on any atom is 0.311 e. The summed E-state index contributed by atoms with van der Waals surface area (Å²) in [4.78, 5) is 12.0. The lowest BCUT2D eigenvalue weighted by atomic mass is 9.82. The molecule has 1 aliphatic carbocycles. The number of carbonyl (C=O) groups excluding carboxylic acids is 1. The summed E-state index contributed by atoms with van der Waals surface area (Å²) in [5.41, 5.74) is 16.4. The van der Waals surface area contributed by atoms with Gasteiger partial charge in [-0.3, -0.25) is 4.79 Å². The SMILES string of the molecule is CC(C)c1ccc(-c2c3c(c(-c4ccc(C(C)C)cc4)c4ccccc24)-c2ccc(-c4ccc5c(c4)CCC(=O)O5)c4cccc-3c24)cc1. The lowest BCUT2D eigenvalue weighted by Gasteiger charge is -2.21. The molecule has 0 fully saturated rings. The van der Waals surface area contributed by atoms with Gasteiger partial charge < -0.3 is 4.74 Å². The fourth-order valence-corrected chi connectivity index (χ4v) is 8.17. The molecule has 0 radical (unpaired) electrons. The van der Waals surface area contributed by atoms with E-state index in [1.165, 1.54) is 82.7 Å². The number of aryl methyl sites for hydroxylation is 1. The zero-order chi connectivity index (χ0) is 33.4. The predicted octanol–water partition coefficient (Wildman–Crippen LogP) is 12.7. The van der Waals surface area contributed by atoms with Gasteiger partial charge >= 0.3 is 5.97 Å². The second kappa shape index (κ2) is 11.3. The summed E-state index contributed by atoms with van der Waals surface area (Å²) in [5, 5.41) is 5.09. The van der Waals surface area contributed by atoms with Crippen molar-refractivity contribution in [3.05, 3.63) is 138 Å². The van der Waals surface area contributed by atoms with Crippen LogP contribution in [0.1, 0.15) is 62.6 Å². The van der Waals surface area contributed by atoms with Gasteiger partial charge in [0.2, 0.25) is 0 Å². The van der Waals surface area contributed by atoms with Crippen LogP contribution >= 0.6 is 0 Å². The van der Waals surface area contributed by atoms with Crippen molar-refractivity contribution in [2.75, 3.05) is 0 Å². The first-order valence-electron chi connectivity index (χ1n) is 17.6. The number of esters is 1. The van der Waals surface area contributed by atoms with E-state index in [0.29, 0.717) is 30.4 Å². The van der Waals surface area contributed by atoms with Crippen LogP contribution in [0.2, 0.25) is 0 Å². The molecule has 7 aromatic rings. The highest BCUT2D eigenvalue weighted by atomic mass is 16.5. The molecule has 1 aliphatic heterocycles. The summed E-state index contributed by atoms with van der Waals surface area (Å²) in [5.74, 6) is 1.48. The number of carbonyl (C=O) groups is 1. The molecule has 9 rings (SSSR count). The molecule has 0 unspecified atom stereocenters. The first kappa shape index (κ1) is 29.7. The average Bonchev–Trinajstić information content (AvgIpc) is 3.45. The Morgan fingerprint density at radius 2 is 1.02 bits per heavy atom. The van der Waals surface area contributed by atoms with E-state index in [0.717, 1.165) is 11.1 Å². The van der Waals surface area contributed by atoms with Crippen molar-refractivity contribution in [2.24, 2.45) is 0 Å². The van der Waals surface area contributed by atoms with Gasteiger partial charge in [-0.15, -0.1) is 0 Å². The molecule has 0 saturated heterocycles. The molecule has 0 spiro atoms. The van der Waals surface area contributed by atoms with Gasteiger partial charge in [0.1, 0.15) is 5.75 Å². The van der Waals surface area contributed by atoms with Gasteiger partial charge in [0.05, 0.1) is 6.42 Å². The summed E-state index contributed by atoms with van der Waals surface area (Å²) in [6.07, 6.45) is 1.13. The lowest BCUT2D eigenvalue weighted by molar-refractivity contribution is -0.135. The number of hydrogen-bond acceptors (Lipinski definition) is 2. The van der Waals surface area contributed by atoms with Gasteiger partial charge in [-0.05, 0) is 124 Å². The van der Waals surface area contributed by atoms with E-state index in [9.17, 15) is 4.79 Å². The van der Waals surface area contributed by atoms with Crippen molar-refractivity contribution in [3.63, 3.8) is 0 Å². The fourth-order valence-electron chi connectivity index (χ4n) is 8.17. The van der Waals surface area contributed by atoms with Crippen molar-refractivity contribution >= 4 is 27.5 Å². The van der Waals surface area contributed by atoms with Crippen molar-refractivity contribution in [2.45, 2.75) is 52.4 Å². The van der Waals surface area contributed by atoms with E-state index in [1.807, 2.05) is 6.07 Å². The molecule has 1 heterocycles. The van der Waals surface area contributed by atoms with Gasteiger partial charge in [0, 0.05) is 0 Å². The molecule has 2 heteroatoms. The highest BCUT2D eigenvalue weighted by Gasteiger charge is 2.31. The highest BCUT2D eigenvalue weighted by molar-refractivity contribution is 6.28. The zero-order valence-corrected chi connectivity index (χ0v) is 28.4. The van der Waals surface area contributed by atoms with E-state index in [4.69, 9.17) is 4.74 Å². The molecule has 7 aromatic carbocycles. The monoisotopic (exact) mass is 634 g/mol. The van der Waals surface area contributed by atoms with Crippen LogP contribution in [-0.4, -0.2) is 5.97 Å². The minimum Gasteiger partial charge on any atom is -0.426 e. The Morgan fingerprint density at radius 3 is 1.61 bits per heavy atom. The molecule has 0 saturated carbocycles. The molecule has 0 aromatic heterocycles. The van der Waals surface area contributed by atoms with Crippen LogP contribution in [-0.2, 0) is 11.2 Å². The van der Waals surface area contributed by atoms with Crippen LogP contribution in [0, 0.1) is 0 Å². The third kappa shape index (κ3) is 4.65. The van der Waals surface area contributed by atoms with Crippen molar-refractivity contribution in [3.8, 4) is 61.4 Å². The van der Waals surface area contributed by atoms with Crippen LogP contribution < -0.4 is 4.74 Å². The van der Waals surface area contributed by atoms with E-state index >= 15 is 0 Å². The third-order valence-corrected chi connectivity index (χ3v) is 10.7. The smallest absolute Gasteiger partial charge is 0.311 e. The number of rotatable bonds is 5. The van der Waals surface area contributed by atoms with Crippen LogP contribution in [0.3, 0.4) is 0 Å². The number of hydrogen-bond donors (Lipinski definition) is 0. The number of fused-ring (bicyclic) bond motifs is 5. The highest BCUT2D eigenvalue weighted by Crippen LogP contribution is 2.58. The molecule has 2 aliphatic rings. The van der Waals surface area contributed by atoms with E-state index in [-0.39, 0.29) is 5.97 Å². The minimum atomic E-state index is -0.153. The van der Waals surface area contributed by atoms with Crippen LogP contribution in [0.25, 0.3) is 77.2 Å². The quantitative estimate of drug-likeness (QED) is 0.139. The van der Waals surface area contributed by atoms with E-state index < -0.39 is 0 Å². The van der Waals surface area contributed by atoms with Crippen molar-refractivity contribution in [1.82, 2.24) is 0 Å². The van der Waals surface area contributed by atoms with Gasteiger partial charge in [0.25, 0.3) is 0 Å². The maximum absolute atomic E-state index is 12.0. The summed E-state index contributed by atoms with van der Waals surface area (Å²) in [7, 11) is 0. The largest absolute Gasteiger partial charge is 0.426 e. The van der Waals surface area contributed by atoms with Crippen LogP contribution in [0.4, 0.5) is 0 Å². The molecule has 238 valence electrons. The molecule has 0 atom stereocenters. The molecule has 0 amide bonds. The fraction of sp³-hybridized carbons (Fsp3) is 0.170. The standard InChI is InChI=1S/C47H38O2/c1-27(2)29-12-16-31(17-13-29)43-37-8-5-6-9-38(37)44(32-18-14-30(15-19-32)28(3)4)47-40-23-22-35(36-10-7-11-39(45(36)40)46(43)47)33-20-24-41-34(26-33)21-25-42(48)49-41/h5-20,22-24,26-28H,21,25H2,1-4H3. The molecule has 0 N–H and O–H groups in total. The minimum absolute atomic E-state index is 0.153. The molecule has 49 heavy (non-hydrogen) atoms. The van der Waals surface area contributed by atoms with Crippen molar-refractivity contribution in [1.29, 1.82) is 0 Å². The first-order chi connectivity index (χ1) is 23.9. The Morgan fingerprint density at radius 1 is 0.490 bits per heavy atom. The van der Waals surface area contributed by atoms with Gasteiger partial charge in [-0.1, -0.05) is 137 Å². The summed E-state index contributed by atoms with van der Waals surface area (Å²) in [6.45, 7) is 9.02. The average molecular weight is 635 g/mol. The summed E-state index contributed by atoms with van der Waals surface area (Å²) < 4.78 is 5.55. The van der Waals surface area contributed by atoms with Gasteiger partial charge in [-0.25, -0.2) is 0 Å². The lowest BCUT2D eigenvalue weighted by Crippen LogP contribution is -2.15. The molecule has 2 nitrogen and oxygen atoms in total. The normalized spacial score (nSPS) is 13.3. The predicted molar refractivity (Wildman–Crippen MR) is 204 cm³/mol. The summed E-state index contributed by atoms with van der Waals surface area (Å²) >= 11 is 0. The first-order valence-corrected chi connectivity index (χ1v) is 17.6. The molecular formula is C47H38O2. The Labute approximate surface area is 288 Å². The van der Waals surface area contributed by atoms with Crippen LogP contribution in [0.5, 0.6) is 5.75 Å². The molecule has 0 bridgehead atoms. The Kier molecular flexibility index (Phi) is 6.84.